The number of piperazine rings is 1. The van der Waals surface area contributed by atoms with E-state index in [1.54, 1.807) is 24.0 Å². The molecule has 0 unspecified atom stereocenters. The number of aryl methyl sites for hydroxylation is 1. The maximum Gasteiger partial charge on any atom is 0.294 e. The molecular formula is C17H19N5O4. The first-order valence-corrected chi connectivity index (χ1v) is 8.26. The van der Waals surface area contributed by atoms with Crippen LogP contribution < -0.4 is 10.7 Å². The van der Waals surface area contributed by atoms with Crippen molar-refractivity contribution in [2.24, 2.45) is 0 Å². The lowest BCUT2D eigenvalue weighted by atomic mass is 10.2. The zero-order chi connectivity index (χ0) is 18.8. The van der Waals surface area contributed by atoms with E-state index in [0.717, 1.165) is 0 Å². The van der Waals surface area contributed by atoms with Crippen LogP contribution in [-0.4, -0.2) is 51.2 Å². The van der Waals surface area contributed by atoms with Gasteiger partial charge in [0.05, 0.1) is 4.92 Å². The van der Waals surface area contributed by atoms with Crippen LogP contribution in [0.3, 0.4) is 0 Å². The number of nitrogens with one attached hydrogen (secondary N) is 1. The molecule has 0 aliphatic carbocycles. The van der Waals surface area contributed by atoms with Crippen LogP contribution >= 0.6 is 0 Å². The molecule has 1 amide bonds. The summed E-state index contributed by atoms with van der Waals surface area (Å²) < 4.78 is 1.28. The van der Waals surface area contributed by atoms with Gasteiger partial charge in [-0.1, -0.05) is 12.1 Å². The molecule has 0 spiro atoms. The van der Waals surface area contributed by atoms with Crippen molar-refractivity contribution < 1.29 is 9.72 Å². The topological polar surface area (TPSA) is 110 Å². The van der Waals surface area contributed by atoms with Gasteiger partial charge in [0.2, 0.25) is 5.43 Å². The normalized spacial score (nSPS) is 17.2. The number of benzene rings is 1. The Balaban J connectivity index is 2.10. The molecule has 0 bridgehead atoms. The van der Waals surface area contributed by atoms with E-state index in [1.807, 2.05) is 6.92 Å². The van der Waals surface area contributed by atoms with Gasteiger partial charge in [-0.2, -0.15) is 5.10 Å². The molecule has 136 valence electrons. The molecule has 1 saturated heterocycles. The Hall–Kier alpha value is -3.07. The Bertz CT molecular complexity index is 924. The lowest BCUT2D eigenvalue weighted by molar-refractivity contribution is -0.384. The number of nitrogens with zero attached hydrogens (tertiary/aromatic N) is 4. The highest BCUT2D eigenvalue weighted by Crippen LogP contribution is 2.22. The molecule has 1 aliphatic rings. The number of carbonyl (C=O) groups excluding carboxylic acids is 1. The summed E-state index contributed by atoms with van der Waals surface area (Å²) in [6.07, 6.45) is 0. The van der Waals surface area contributed by atoms with Gasteiger partial charge in [0.1, 0.15) is 5.69 Å². The van der Waals surface area contributed by atoms with Gasteiger partial charge in [0.25, 0.3) is 11.6 Å². The molecule has 1 fully saturated rings. The largest absolute Gasteiger partial charge is 0.332 e. The highest BCUT2D eigenvalue weighted by molar-refractivity contribution is 5.92. The number of para-hydroxylation sites is 2. The van der Waals surface area contributed by atoms with Gasteiger partial charge in [-0.25, -0.2) is 4.68 Å². The predicted molar refractivity (Wildman–Crippen MR) is 94.6 cm³/mol. The predicted octanol–water partition coefficient (Wildman–Crippen LogP) is 0.883. The number of nitro benzene ring substituents is 1. The van der Waals surface area contributed by atoms with E-state index in [-0.39, 0.29) is 23.1 Å². The maximum atomic E-state index is 12.8. The van der Waals surface area contributed by atoms with Gasteiger partial charge in [-0.15, -0.1) is 0 Å². The minimum absolute atomic E-state index is 0.0711. The zero-order valence-electron chi connectivity index (χ0n) is 14.5. The highest BCUT2D eigenvalue weighted by Gasteiger charge is 2.28. The summed E-state index contributed by atoms with van der Waals surface area (Å²) in [4.78, 5) is 37.6. The molecule has 1 aromatic heterocycles. The van der Waals surface area contributed by atoms with E-state index < -0.39 is 16.3 Å². The van der Waals surface area contributed by atoms with Crippen molar-refractivity contribution in [3.63, 3.8) is 0 Å². The Morgan fingerprint density at radius 3 is 2.81 bits per heavy atom. The second kappa shape index (κ2) is 7.04. The van der Waals surface area contributed by atoms with E-state index in [0.29, 0.717) is 25.3 Å². The lowest BCUT2D eigenvalue weighted by Gasteiger charge is -2.33. The summed E-state index contributed by atoms with van der Waals surface area (Å²) in [5, 5.41) is 18.7. The average molecular weight is 357 g/mol. The van der Waals surface area contributed by atoms with E-state index in [9.17, 15) is 19.7 Å². The number of rotatable bonds is 3. The van der Waals surface area contributed by atoms with Crippen molar-refractivity contribution in [2.45, 2.75) is 19.9 Å². The summed E-state index contributed by atoms with van der Waals surface area (Å²) in [5.74, 6) is -0.462. The molecule has 9 heteroatoms. The molecule has 1 atom stereocenters. The van der Waals surface area contributed by atoms with Crippen molar-refractivity contribution in [2.75, 3.05) is 19.6 Å². The van der Waals surface area contributed by atoms with Crippen LogP contribution in [0, 0.1) is 17.0 Å². The van der Waals surface area contributed by atoms with Crippen molar-refractivity contribution in [3.8, 4) is 5.69 Å². The quantitative estimate of drug-likeness (QED) is 0.645. The molecule has 0 saturated carbocycles. The van der Waals surface area contributed by atoms with Gasteiger partial charge in [-0.3, -0.25) is 19.7 Å². The summed E-state index contributed by atoms with van der Waals surface area (Å²) in [7, 11) is 0. The fourth-order valence-electron chi connectivity index (χ4n) is 3.02. The molecular weight excluding hydrogens is 338 g/mol. The molecule has 26 heavy (non-hydrogen) atoms. The summed E-state index contributed by atoms with van der Waals surface area (Å²) in [5.41, 5.74) is -0.261. The summed E-state index contributed by atoms with van der Waals surface area (Å²) in [6.45, 7) is 5.25. The zero-order valence-corrected chi connectivity index (χ0v) is 14.5. The first kappa shape index (κ1) is 17.7. The van der Waals surface area contributed by atoms with Crippen LogP contribution in [0.4, 0.5) is 5.69 Å². The van der Waals surface area contributed by atoms with Crippen LogP contribution in [0.5, 0.6) is 0 Å². The van der Waals surface area contributed by atoms with Gasteiger partial charge in [0, 0.05) is 43.5 Å². The summed E-state index contributed by atoms with van der Waals surface area (Å²) >= 11 is 0. The Morgan fingerprint density at radius 1 is 1.38 bits per heavy atom. The van der Waals surface area contributed by atoms with Crippen LogP contribution in [0.2, 0.25) is 0 Å². The third kappa shape index (κ3) is 3.21. The monoisotopic (exact) mass is 357 g/mol. The third-order valence-electron chi connectivity index (χ3n) is 4.38. The molecule has 2 aromatic rings. The first-order valence-electron chi connectivity index (χ1n) is 8.26. The number of amides is 1. The van der Waals surface area contributed by atoms with E-state index in [2.05, 4.69) is 10.4 Å². The van der Waals surface area contributed by atoms with Gasteiger partial charge >= 0.3 is 0 Å². The minimum Gasteiger partial charge on any atom is -0.332 e. The van der Waals surface area contributed by atoms with Crippen molar-refractivity contribution >= 4 is 11.6 Å². The highest BCUT2D eigenvalue weighted by atomic mass is 16.6. The van der Waals surface area contributed by atoms with Gasteiger partial charge < -0.3 is 10.2 Å². The van der Waals surface area contributed by atoms with E-state index in [1.165, 1.54) is 22.9 Å². The van der Waals surface area contributed by atoms with E-state index in [4.69, 9.17) is 0 Å². The standard InChI is InChI=1S/C17H19N5O4/c1-11-9-15(23)16(17(24)20-8-7-18-10-12(20)2)19-21(11)13-5-3-4-6-14(13)22(25)26/h3-6,9,12,18H,7-8,10H2,1-2H3/t12-/m1/s1. The van der Waals surface area contributed by atoms with Crippen LogP contribution in [0.1, 0.15) is 23.1 Å². The number of carbonyl (C=O) groups is 1. The van der Waals surface area contributed by atoms with Gasteiger partial charge in [-0.05, 0) is 19.9 Å². The molecule has 1 N–H and O–H groups in total. The average Bonchev–Trinajstić information content (AvgIpc) is 2.62. The van der Waals surface area contributed by atoms with Crippen LogP contribution in [-0.2, 0) is 0 Å². The number of hydrogen-bond acceptors (Lipinski definition) is 6. The van der Waals surface area contributed by atoms with Gasteiger partial charge in [0.15, 0.2) is 5.69 Å². The SMILES string of the molecule is Cc1cc(=O)c(C(=O)N2CCNC[C@H]2C)nn1-c1ccccc1[N+](=O)[O-]. The second-order valence-electron chi connectivity index (χ2n) is 6.21. The van der Waals surface area contributed by atoms with Crippen LogP contribution in [0.15, 0.2) is 35.1 Å². The van der Waals surface area contributed by atoms with Crippen molar-refractivity contribution in [1.82, 2.24) is 20.0 Å². The first-order chi connectivity index (χ1) is 12.4. The molecule has 3 rings (SSSR count). The molecule has 2 heterocycles. The Kier molecular flexibility index (Phi) is 4.81. The molecule has 0 radical (unpaired) electrons. The fourth-order valence-corrected chi connectivity index (χ4v) is 3.02. The Labute approximate surface area is 149 Å². The summed E-state index contributed by atoms with van der Waals surface area (Å²) in [6, 6.07) is 7.29. The van der Waals surface area contributed by atoms with E-state index >= 15 is 0 Å². The number of nitro groups is 1. The second-order valence-corrected chi connectivity index (χ2v) is 6.21. The fraction of sp³-hybridized carbons (Fsp3) is 0.353. The minimum atomic E-state index is -0.519. The molecule has 1 aromatic carbocycles. The van der Waals surface area contributed by atoms with Crippen LogP contribution in [0.25, 0.3) is 5.69 Å². The number of hydrogen-bond donors (Lipinski definition) is 1. The van der Waals surface area contributed by atoms with Crippen molar-refractivity contribution in [3.05, 3.63) is 62.1 Å². The maximum absolute atomic E-state index is 12.8. The molecule has 9 nitrogen and oxygen atoms in total. The number of aromatic nitrogens is 2. The van der Waals surface area contributed by atoms with Crippen molar-refractivity contribution in [1.29, 1.82) is 0 Å². The third-order valence-corrected chi connectivity index (χ3v) is 4.38. The molecule has 1 aliphatic heterocycles. The lowest BCUT2D eigenvalue weighted by Crippen LogP contribution is -2.53. The smallest absolute Gasteiger partial charge is 0.294 e. The Morgan fingerprint density at radius 2 is 2.12 bits per heavy atom.